The highest BCUT2D eigenvalue weighted by atomic mass is 16.5. The summed E-state index contributed by atoms with van der Waals surface area (Å²) in [6, 6.07) is 14.2. The molecule has 2 rings (SSSR count). The van der Waals surface area contributed by atoms with Crippen LogP contribution in [-0.4, -0.2) is 32.1 Å². The molecule has 0 aliphatic rings. The molecular weight excluding hydrogens is 320 g/mol. The molecule has 0 atom stereocenters. The molecule has 2 aromatic carbocycles. The van der Waals surface area contributed by atoms with Gasteiger partial charge < -0.3 is 20.1 Å². The lowest BCUT2D eigenvalue weighted by Crippen LogP contribution is -2.16. The number of nitrogens with one attached hydrogen (secondary N) is 2. The summed E-state index contributed by atoms with van der Waals surface area (Å²) in [7, 11) is 1.32. The van der Waals surface area contributed by atoms with Crippen LogP contribution >= 0.6 is 0 Å². The van der Waals surface area contributed by atoms with E-state index in [0.717, 1.165) is 11.4 Å². The lowest BCUT2D eigenvalue weighted by Gasteiger charge is -2.12. The zero-order valence-electron chi connectivity index (χ0n) is 14.4. The predicted octanol–water partition coefficient (Wildman–Crippen LogP) is 3.31. The van der Waals surface area contributed by atoms with Crippen LogP contribution in [0.4, 0.5) is 11.4 Å². The van der Waals surface area contributed by atoms with Gasteiger partial charge in [0.05, 0.1) is 25.0 Å². The van der Waals surface area contributed by atoms with E-state index in [1.54, 1.807) is 24.3 Å². The normalized spacial score (nSPS) is 10.0. The summed E-state index contributed by atoms with van der Waals surface area (Å²) in [5.41, 5.74) is 1.80. The van der Waals surface area contributed by atoms with E-state index in [2.05, 4.69) is 15.4 Å². The Morgan fingerprint density at radius 3 is 2.64 bits per heavy atom. The van der Waals surface area contributed by atoms with Crippen LogP contribution < -0.4 is 15.4 Å². The molecule has 0 heterocycles. The quantitative estimate of drug-likeness (QED) is 0.720. The average molecular weight is 342 g/mol. The van der Waals surface area contributed by atoms with Gasteiger partial charge in [-0.15, -0.1) is 0 Å². The van der Waals surface area contributed by atoms with E-state index in [-0.39, 0.29) is 12.3 Å². The fourth-order valence-corrected chi connectivity index (χ4v) is 2.27. The number of hydrogen-bond donors (Lipinski definition) is 2. The third-order valence-electron chi connectivity index (χ3n) is 3.42. The second kappa shape index (κ2) is 9.32. The van der Waals surface area contributed by atoms with Crippen LogP contribution in [0.1, 0.15) is 23.7 Å². The number of methoxy groups -OCH3 is 1. The Balaban J connectivity index is 1.86. The summed E-state index contributed by atoms with van der Waals surface area (Å²) in [6.45, 7) is 2.97. The second-order valence-corrected chi connectivity index (χ2v) is 5.23. The van der Waals surface area contributed by atoms with Crippen molar-refractivity contribution in [1.29, 1.82) is 0 Å². The lowest BCUT2D eigenvalue weighted by molar-refractivity contribution is -0.115. The Morgan fingerprint density at radius 1 is 1.08 bits per heavy atom. The van der Waals surface area contributed by atoms with Crippen molar-refractivity contribution in [2.24, 2.45) is 0 Å². The molecule has 2 N–H and O–H groups in total. The van der Waals surface area contributed by atoms with Gasteiger partial charge in [0, 0.05) is 18.7 Å². The van der Waals surface area contributed by atoms with Gasteiger partial charge in [-0.05, 0) is 37.3 Å². The Hall–Kier alpha value is -3.02. The van der Waals surface area contributed by atoms with Gasteiger partial charge in [0.1, 0.15) is 5.75 Å². The first-order valence-corrected chi connectivity index (χ1v) is 8.08. The first kappa shape index (κ1) is 18.3. The molecule has 25 heavy (non-hydrogen) atoms. The number of carbonyl (C=O) groups excluding carboxylic acids is 2. The number of ether oxygens (including phenoxy) is 2. The number of benzene rings is 2. The minimum absolute atomic E-state index is 0.150. The van der Waals surface area contributed by atoms with E-state index in [1.165, 1.54) is 7.11 Å². The molecule has 0 aliphatic carbocycles. The molecule has 6 heteroatoms. The van der Waals surface area contributed by atoms with Crippen LogP contribution in [0.3, 0.4) is 0 Å². The van der Waals surface area contributed by atoms with Crippen LogP contribution in [0.5, 0.6) is 5.75 Å². The van der Waals surface area contributed by atoms with Crippen molar-refractivity contribution in [2.75, 3.05) is 30.9 Å². The Bertz CT molecular complexity index is 731. The van der Waals surface area contributed by atoms with Gasteiger partial charge in [0.2, 0.25) is 5.91 Å². The molecule has 0 aliphatic heterocycles. The highest BCUT2D eigenvalue weighted by Crippen LogP contribution is 2.23. The van der Waals surface area contributed by atoms with Crippen molar-refractivity contribution in [3.8, 4) is 5.75 Å². The van der Waals surface area contributed by atoms with Crippen molar-refractivity contribution in [3.63, 3.8) is 0 Å². The van der Waals surface area contributed by atoms with Gasteiger partial charge in [0.15, 0.2) is 0 Å². The molecule has 0 saturated heterocycles. The molecule has 6 nitrogen and oxygen atoms in total. The lowest BCUT2D eigenvalue weighted by atomic mass is 10.2. The highest BCUT2D eigenvalue weighted by Gasteiger charge is 2.08. The Labute approximate surface area is 147 Å². The second-order valence-electron chi connectivity index (χ2n) is 5.23. The molecule has 0 spiro atoms. The standard InChI is InChI=1S/C19H22N2O4/c1-3-25-17-10-5-4-9-16(17)20-12-11-18(22)21-15-8-6-7-14(13-15)19(23)24-2/h4-10,13,20H,3,11-12H2,1-2H3,(H,21,22). The summed E-state index contributed by atoms with van der Waals surface area (Å²) in [4.78, 5) is 23.6. The molecule has 0 radical (unpaired) electrons. The molecule has 132 valence electrons. The van der Waals surface area contributed by atoms with Crippen molar-refractivity contribution >= 4 is 23.3 Å². The third-order valence-corrected chi connectivity index (χ3v) is 3.42. The molecule has 0 unspecified atom stereocenters. The molecule has 0 bridgehead atoms. The fourth-order valence-electron chi connectivity index (χ4n) is 2.27. The molecule has 0 saturated carbocycles. The van der Waals surface area contributed by atoms with E-state index < -0.39 is 5.97 Å². The Morgan fingerprint density at radius 2 is 1.88 bits per heavy atom. The van der Waals surface area contributed by atoms with Crippen molar-refractivity contribution in [1.82, 2.24) is 0 Å². The van der Waals surface area contributed by atoms with E-state index >= 15 is 0 Å². The van der Waals surface area contributed by atoms with E-state index in [0.29, 0.717) is 24.4 Å². The average Bonchev–Trinajstić information content (AvgIpc) is 2.63. The van der Waals surface area contributed by atoms with Gasteiger partial charge in [-0.25, -0.2) is 4.79 Å². The number of carbonyl (C=O) groups is 2. The van der Waals surface area contributed by atoms with Crippen LogP contribution in [-0.2, 0) is 9.53 Å². The van der Waals surface area contributed by atoms with E-state index in [4.69, 9.17) is 4.74 Å². The first-order valence-electron chi connectivity index (χ1n) is 8.08. The summed E-state index contributed by atoms with van der Waals surface area (Å²) in [5.74, 6) is 0.171. The van der Waals surface area contributed by atoms with E-state index in [1.807, 2.05) is 31.2 Å². The molecule has 0 fully saturated rings. The van der Waals surface area contributed by atoms with Crippen molar-refractivity contribution in [3.05, 3.63) is 54.1 Å². The Kier molecular flexibility index (Phi) is 6.83. The predicted molar refractivity (Wildman–Crippen MR) is 97.1 cm³/mol. The monoisotopic (exact) mass is 342 g/mol. The van der Waals surface area contributed by atoms with Crippen molar-refractivity contribution < 1.29 is 19.1 Å². The zero-order chi connectivity index (χ0) is 18.1. The number of esters is 1. The van der Waals surface area contributed by atoms with Crippen LogP contribution in [0.2, 0.25) is 0 Å². The molecule has 1 amide bonds. The maximum Gasteiger partial charge on any atom is 0.337 e. The number of para-hydroxylation sites is 2. The zero-order valence-corrected chi connectivity index (χ0v) is 14.4. The van der Waals surface area contributed by atoms with Crippen LogP contribution in [0.25, 0.3) is 0 Å². The minimum atomic E-state index is -0.440. The number of amides is 1. The highest BCUT2D eigenvalue weighted by molar-refractivity contribution is 5.94. The largest absolute Gasteiger partial charge is 0.492 e. The minimum Gasteiger partial charge on any atom is -0.492 e. The number of anilines is 2. The fraction of sp³-hybridized carbons (Fsp3) is 0.263. The number of rotatable bonds is 8. The molecule has 0 aromatic heterocycles. The summed E-state index contributed by atoms with van der Waals surface area (Å²) >= 11 is 0. The number of hydrogen-bond acceptors (Lipinski definition) is 5. The maximum atomic E-state index is 12.1. The van der Waals surface area contributed by atoms with Gasteiger partial charge in [0.25, 0.3) is 0 Å². The smallest absolute Gasteiger partial charge is 0.337 e. The maximum absolute atomic E-state index is 12.1. The third kappa shape index (κ3) is 5.53. The summed E-state index contributed by atoms with van der Waals surface area (Å²) < 4.78 is 10.2. The summed E-state index contributed by atoms with van der Waals surface area (Å²) in [5, 5.41) is 5.96. The van der Waals surface area contributed by atoms with Crippen molar-refractivity contribution in [2.45, 2.75) is 13.3 Å². The summed E-state index contributed by atoms with van der Waals surface area (Å²) in [6.07, 6.45) is 0.281. The van der Waals surface area contributed by atoms with E-state index in [9.17, 15) is 9.59 Å². The van der Waals surface area contributed by atoms with Gasteiger partial charge >= 0.3 is 5.97 Å². The molecular formula is C19H22N2O4. The van der Waals surface area contributed by atoms with Crippen LogP contribution in [0, 0.1) is 0 Å². The van der Waals surface area contributed by atoms with Gasteiger partial charge in [-0.3, -0.25) is 4.79 Å². The van der Waals surface area contributed by atoms with Crippen LogP contribution in [0.15, 0.2) is 48.5 Å². The van der Waals surface area contributed by atoms with Gasteiger partial charge in [-0.1, -0.05) is 18.2 Å². The van der Waals surface area contributed by atoms with Gasteiger partial charge in [-0.2, -0.15) is 0 Å². The first-order chi connectivity index (χ1) is 12.1. The topological polar surface area (TPSA) is 76.7 Å². The molecule has 2 aromatic rings. The SMILES string of the molecule is CCOc1ccccc1NCCC(=O)Nc1cccc(C(=O)OC)c1.